The highest BCUT2D eigenvalue weighted by molar-refractivity contribution is 5.53. The molecule has 0 amide bonds. The van der Waals surface area contributed by atoms with Gasteiger partial charge in [-0.1, -0.05) is 6.07 Å². The van der Waals surface area contributed by atoms with Crippen LogP contribution in [0.25, 0.3) is 11.4 Å². The number of nitrogens with zero attached hydrogens (tertiary/aromatic N) is 4. The molecule has 0 unspecified atom stereocenters. The summed E-state index contributed by atoms with van der Waals surface area (Å²) in [6.07, 6.45) is 6.30. The first-order chi connectivity index (χ1) is 12.7. The summed E-state index contributed by atoms with van der Waals surface area (Å²) < 4.78 is 5.14. The number of phenols is 1. The molecule has 4 rings (SSSR count). The summed E-state index contributed by atoms with van der Waals surface area (Å²) >= 11 is 0. The van der Waals surface area contributed by atoms with E-state index in [4.69, 9.17) is 9.72 Å². The number of benzene rings is 1. The minimum absolute atomic E-state index is 0.262. The van der Waals surface area contributed by atoms with Crippen LogP contribution in [0.3, 0.4) is 0 Å². The predicted octanol–water partition coefficient (Wildman–Crippen LogP) is 2.81. The van der Waals surface area contributed by atoms with Crippen LogP contribution >= 0.6 is 0 Å². The molecule has 0 bridgehead atoms. The van der Waals surface area contributed by atoms with Crippen LogP contribution in [0.1, 0.15) is 16.8 Å². The van der Waals surface area contributed by atoms with Crippen molar-refractivity contribution < 1.29 is 9.84 Å². The van der Waals surface area contributed by atoms with Gasteiger partial charge in [0, 0.05) is 67.4 Å². The van der Waals surface area contributed by atoms with E-state index in [2.05, 4.69) is 14.9 Å². The van der Waals surface area contributed by atoms with E-state index in [9.17, 15) is 5.11 Å². The van der Waals surface area contributed by atoms with Gasteiger partial charge in [0.15, 0.2) is 5.82 Å². The summed E-state index contributed by atoms with van der Waals surface area (Å²) in [6.45, 7) is 2.34. The van der Waals surface area contributed by atoms with Crippen LogP contribution in [0.4, 0.5) is 0 Å². The van der Waals surface area contributed by atoms with Crippen LogP contribution in [0, 0.1) is 0 Å². The fourth-order valence-corrected chi connectivity index (χ4v) is 3.19. The summed E-state index contributed by atoms with van der Waals surface area (Å²) in [7, 11) is 1.59. The van der Waals surface area contributed by atoms with E-state index in [1.807, 2.05) is 30.5 Å². The molecule has 0 fully saturated rings. The largest absolute Gasteiger partial charge is 0.507 e. The smallest absolute Gasteiger partial charge is 0.160 e. The van der Waals surface area contributed by atoms with Crippen molar-refractivity contribution in [2.75, 3.05) is 13.7 Å². The molecule has 1 N–H and O–H groups in total. The molecule has 0 radical (unpaired) electrons. The van der Waals surface area contributed by atoms with Crippen LogP contribution in [-0.2, 0) is 19.5 Å². The third-order valence-corrected chi connectivity index (χ3v) is 4.62. The Hall–Kier alpha value is -2.99. The summed E-state index contributed by atoms with van der Waals surface area (Å²) in [5.41, 5.74) is 4.05. The van der Waals surface area contributed by atoms with Gasteiger partial charge < -0.3 is 9.84 Å². The normalized spacial score (nSPS) is 14.0. The maximum Gasteiger partial charge on any atom is 0.160 e. The molecule has 0 saturated carbocycles. The first-order valence-corrected chi connectivity index (χ1v) is 8.56. The quantitative estimate of drug-likeness (QED) is 0.782. The lowest BCUT2D eigenvalue weighted by Crippen LogP contribution is -2.31. The molecule has 6 heteroatoms. The second-order valence-electron chi connectivity index (χ2n) is 6.36. The minimum atomic E-state index is 0.262. The van der Waals surface area contributed by atoms with Gasteiger partial charge in [0.25, 0.3) is 0 Å². The molecule has 1 aliphatic rings. The van der Waals surface area contributed by atoms with Gasteiger partial charge in [0.05, 0.1) is 12.8 Å². The number of rotatable bonds is 4. The lowest BCUT2D eigenvalue weighted by molar-refractivity contribution is 0.239. The maximum atomic E-state index is 10.2. The van der Waals surface area contributed by atoms with Gasteiger partial charge >= 0.3 is 0 Å². The van der Waals surface area contributed by atoms with Gasteiger partial charge in [-0.15, -0.1) is 0 Å². The third kappa shape index (κ3) is 3.36. The van der Waals surface area contributed by atoms with Crippen molar-refractivity contribution in [1.82, 2.24) is 19.9 Å². The number of fused-ring (bicyclic) bond motifs is 1. The summed E-state index contributed by atoms with van der Waals surface area (Å²) in [6, 6.07) is 9.29. The number of hydrogen-bond donors (Lipinski definition) is 1. The minimum Gasteiger partial charge on any atom is -0.507 e. The van der Waals surface area contributed by atoms with Crippen molar-refractivity contribution in [3.05, 3.63) is 65.7 Å². The van der Waals surface area contributed by atoms with Gasteiger partial charge in [-0.05, 0) is 18.2 Å². The zero-order chi connectivity index (χ0) is 17.9. The summed E-state index contributed by atoms with van der Waals surface area (Å²) in [4.78, 5) is 15.6. The van der Waals surface area contributed by atoms with Crippen LogP contribution in [-0.4, -0.2) is 38.6 Å². The Morgan fingerprint density at radius 1 is 1.23 bits per heavy atom. The summed E-state index contributed by atoms with van der Waals surface area (Å²) in [5, 5.41) is 10.2. The molecule has 6 nitrogen and oxygen atoms in total. The van der Waals surface area contributed by atoms with Gasteiger partial charge in [-0.3, -0.25) is 9.88 Å². The number of pyridine rings is 1. The molecule has 0 atom stereocenters. The molecular weight excluding hydrogens is 328 g/mol. The van der Waals surface area contributed by atoms with E-state index in [-0.39, 0.29) is 5.75 Å². The number of methoxy groups -OCH3 is 1. The first kappa shape index (κ1) is 16.5. The van der Waals surface area contributed by atoms with E-state index >= 15 is 0 Å². The lowest BCUT2D eigenvalue weighted by atomic mass is 10.1. The Bertz CT molecular complexity index is 915. The molecule has 1 aromatic carbocycles. The SMILES string of the molecule is COc1ccc(CN2CCc3nc(-c4cccnc4)ncc3C2)c(O)c1. The topological polar surface area (TPSA) is 71.4 Å². The number of aromatic nitrogens is 3. The van der Waals surface area contributed by atoms with Crippen molar-refractivity contribution in [3.63, 3.8) is 0 Å². The van der Waals surface area contributed by atoms with Crippen molar-refractivity contribution >= 4 is 0 Å². The standard InChI is InChI=1S/C20H20N4O2/c1-26-17-5-4-15(19(25)9-17)12-24-8-6-18-16(13-24)11-22-20(23-18)14-3-2-7-21-10-14/h2-5,7,9-11,25H,6,8,12-13H2,1H3. The maximum absolute atomic E-state index is 10.2. The summed E-state index contributed by atoms with van der Waals surface area (Å²) in [5.74, 6) is 1.64. The highest BCUT2D eigenvalue weighted by Gasteiger charge is 2.20. The van der Waals surface area contributed by atoms with Crippen molar-refractivity contribution in [2.45, 2.75) is 19.5 Å². The Labute approximate surface area is 152 Å². The van der Waals surface area contributed by atoms with E-state index in [1.54, 1.807) is 25.6 Å². The highest BCUT2D eigenvalue weighted by Crippen LogP contribution is 2.27. The molecule has 0 spiro atoms. The van der Waals surface area contributed by atoms with Crippen LogP contribution in [0.15, 0.2) is 48.9 Å². The highest BCUT2D eigenvalue weighted by atomic mass is 16.5. The first-order valence-electron chi connectivity index (χ1n) is 8.56. The van der Waals surface area contributed by atoms with Gasteiger partial charge in [0.2, 0.25) is 0 Å². The molecule has 2 aromatic heterocycles. The lowest BCUT2D eigenvalue weighted by Gasteiger charge is -2.28. The molecule has 0 aliphatic carbocycles. The van der Waals surface area contributed by atoms with Gasteiger partial charge in [-0.25, -0.2) is 9.97 Å². The van der Waals surface area contributed by atoms with Gasteiger partial charge in [0.1, 0.15) is 11.5 Å². The van der Waals surface area contributed by atoms with Crippen molar-refractivity contribution in [3.8, 4) is 22.9 Å². The average Bonchev–Trinajstić information content (AvgIpc) is 2.69. The van der Waals surface area contributed by atoms with Crippen LogP contribution in [0.5, 0.6) is 11.5 Å². The van der Waals surface area contributed by atoms with E-state index in [0.29, 0.717) is 12.3 Å². The van der Waals surface area contributed by atoms with Crippen molar-refractivity contribution in [1.29, 1.82) is 0 Å². The number of ether oxygens (including phenoxy) is 1. The molecule has 1 aliphatic heterocycles. The fraction of sp³-hybridized carbons (Fsp3) is 0.250. The average molecular weight is 348 g/mol. The molecule has 0 saturated heterocycles. The van der Waals surface area contributed by atoms with E-state index in [0.717, 1.165) is 47.7 Å². The van der Waals surface area contributed by atoms with E-state index in [1.165, 1.54) is 0 Å². The second kappa shape index (κ2) is 7.09. The second-order valence-corrected chi connectivity index (χ2v) is 6.36. The Morgan fingerprint density at radius 2 is 2.15 bits per heavy atom. The van der Waals surface area contributed by atoms with Crippen LogP contribution < -0.4 is 4.74 Å². The Kier molecular flexibility index (Phi) is 4.50. The van der Waals surface area contributed by atoms with E-state index < -0.39 is 0 Å². The van der Waals surface area contributed by atoms with Crippen LogP contribution in [0.2, 0.25) is 0 Å². The number of aromatic hydroxyl groups is 1. The molecule has 3 aromatic rings. The Balaban J connectivity index is 1.50. The Morgan fingerprint density at radius 3 is 2.92 bits per heavy atom. The predicted molar refractivity (Wildman–Crippen MR) is 97.7 cm³/mol. The van der Waals surface area contributed by atoms with Crippen molar-refractivity contribution in [2.24, 2.45) is 0 Å². The molecule has 26 heavy (non-hydrogen) atoms. The fourth-order valence-electron chi connectivity index (χ4n) is 3.19. The number of phenolic OH excluding ortho intramolecular Hbond substituents is 1. The zero-order valence-electron chi connectivity index (χ0n) is 14.6. The monoisotopic (exact) mass is 348 g/mol. The number of hydrogen-bond acceptors (Lipinski definition) is 6. The molecular formula is C20H20N4O2. The molecule has 132 valence electrons. The third-order valence-electron chi connectivity index (χ3n) is 4.62. The van der Waals surface area contributed by atoms with Gasteiger partial charge in [-0.2, -0.15) is 0 Å². The zero-order valence-corrected chi connectivity index (χ0v) is 14.6. The molecule has 3 heterocycles.